The number of halogens is 1. The van der Waals surface area contributed by atoms with Crippen molar-refractivity contribution in [1.82, 2.24) is 4.98 Å². The highest BCUT2D eigenvalue weighted by molar-refractivity contribution is 7.17. The van der Waals surface area contributed by atoms with Crippen molar-refractivity contribution in [2.45, 2.75) is 0 Å². The Kier molecular flexibility index (Phi) is 3.70. The van der Waals surface area contributed by atoms with Crippen LogP contribution in [0.5, 0.6) is 0 Å². The van der Waals surface area contributed by atoms with E-state index in [9.17, 15) is 14.0 Å². The third kappa shape index (κ3) is 3.09. The third-order valence-corrected chi connectivity index (χ3v) is 4.77. The van der Waals surface area contributed by atoms with Gasteiger partial charge in [-0.15, -0.1) is 11.3 Å². The lowest BCUT2D eigenvalue weighted by atomic mass is 10.2. The van der Waals surface area contributed by atoms with Crippen molar-refractivity contribution >= 4 is 34.0 Å². The summed E-state index contributed by atoms with van der Waals surface area (Å²) in [5.41, 5.74) is 2.34. The molecule has 5 nitrogen and oxygen atoms in total. The number of H-pyrrole nitrogens is 1. The number of nitrogens with one attached hydrogen (secondary N) is 2. The van der Waals surface area contributed by atoms with Crippen LogP contribution in [0.2, 0.25) is 0 Å². The van der Waals surface area contributed by atoms with Gasteiger partial charge < -0.3 is 9.73 Å². The quantitative estimate of drug-likeness (QED) is 0.578. The van der Waals surface area contributed by atoms with Crippen LogP contribution in [0, 0.1) is 5.82 Å². The van der Waals surface area contributed by atoms with E-state index in [1.54, 1.807) is 36.4 Å². The summed E-state index contributed by atoms with van der Waals surface area (Å²) in [7, 11) is 0. The summed E-state index contributed by atoms with van der Waals surface area (Å²) < 4.78 is 17.9. The summed E-state index contributed by atoms with van der Waals surface area (Å²) in [5.74, 6) is -1.10. The van der Waals surface area contributed by atoms with E-state index in [-0.39, 0.29) is 11.7 Å². The molecule has 2 N–H and O–H groups in total. The maximum atomic E-state index is 13.0. The number of amides is 1. The Labute approximate surface area is 144 Å². The largest absolute Gasteiger partial charge is 0.417 e. The van der Waals surface area contributed by atoms with E-state index >= 15 is 0 Å². The monoisotopic (exact) mass is 354 g/mol. The van der Waals surface area contributed by atoms with Crippen LogP contribution in [-0.4, -0.2) is 10.9 Å². The fourth-order valence-electron chi connectivity index (χ4n) is 2.45. The molecule has 0 saturated heterocycles. The van der Waals surface area contributed by atoms with Crippen LogP contribution in [-0.2, 0) is 0 Å². The van der Waals surface area contributed by atoms with Gasteiger partial charge in [-0.05, 0) is 48.0 Å². The molecule has 2 aromatic carbocycles. The third-order valence-electron chi connectivity index (χ3n) is 3.64. The van der Waals surface area contributed by atoms with Gasteiger partial charge in [0.1, 0.15) is 5.82 Å². The predicted molar refractivity (Wildman–Crippen MR) is 94.5 cm³/mol. The van der Waals surface area contributed by atoms with Crippen molar-refractivity contribution in [3.63, 3.8) is 0 Å². The van der Waals surface area contributed by atoms with Crippen molar-refractivity contribution in [1.29, 1.82) is 0 Å². The van der Waals surface area contributed by atoms with Crippen LogP contribution in [0.3, 0.4) is 0 Å². The second-order valence-corrected chi connectivity index (χ2v) is 6.43. The van der Waals surface area contributed by atoms with E-state index < -0.39 is 5.76 Å². The van der Waals surface area contributed by atoms with Crippen LogP contribution in [0.4, 0.5) is 10.1 Å². The minimum Gasteiger partial charge on any atom is -0.408 e. The summed E-state index contributed by atoms with van der Waals surface area (Å²) in [4.78, 5) is 27.5. The van der Waals surface area contributed by atoms with Gasteiger partial charge in [-0.1, -0.05) is 12.1 Å². The van der Waals surface area contributed by atoms with E-state index in [4.69, 9.17) is 4.42 Å². The second-order valence-electron chi connectivity index (χ2n) is 5.35. The first-order valence-corrected chi connectivity index (χ1v) is 8.20. The molecule has 2 heterocycles. The zero-order valence-corrected chi connectivity index (χ0v) is 13.5. The molecule has 0 bridgehead atoms. The zero-order valence-electron chi connectivity index (χ0n) is 12.7. The second kappa shape index (κ2) is 6.03. The highest BCUT2D eigenvalue weighted by Crippen LogP contribution is 2.29. The number of anilines is 1. The van der Waals surface area contributed by atoms with Gasteiger partial charge in [-0.2, -0.15) is 0 Å². The fourth-order valence-corrected chi connectivity index (χ4v) is 3.36. The first-order valence-electron chi connectivity index (χ1n) is 7.38. The molecule has 0 aliphatic heterocycles. The van der Waals surface area contributed by atoms with Crippen molar-refractivity contribution < 1.29 is 13.6 Å². The normalized spacial score (nSPS) is 10.9. The molecule has 0 spiro atoms. The van der Waals surface area contributed by atoms with E-state index in [0.717, 1.165) is 10.4 Å². The van der Waals surface area contributed by atoms with Crippen LogP contribution in [0.15, 0.2) is 63.8 Å². The van der Waals surface area contributed by atoms with E-state index in [1.165, 1.54) is 23.5 Å². The number of hydrogen-bond acceptors (Lipinski definition) is 4. The summed E-state index contributed by atoms with van der Waals surface area (Å²) in [6, 6.07) is 14.6. The van der Waals surface area contributed by atoms with Gasteiger partial charge in [0.2, 0.25) is 0 Å². The van der Waals surface area contributed by atoms with Crippen molar-refractivity contribution in [2.24, 2.45) is 0 Å². The summed E-state index contributed by atoms with van der Waals surface area (Å²) in [6.45, 7) is 0. The van der Waals surface area contributed by atoms with E-state index in [2.05, 4.69) is 10.3 Å². The maximum absolute atomic E-state index is 13.0. The number of fused-ring (bicyclic) bond motifs is 1. The lowest BCUT2D eigenvalue weighted by Crippen LogP contribution is -2.09. The number of benzene rings is 2. The van der Waals surface area contributed by atoms with E-state index in [0.29, 0.717) is 21.7 Å². The highest BCUT2D eigenvalue weighted by atomic mass is 32.1. The van der Waals surface area contributed by atoms with Gasteiger partial charge in [0.25, 0.3) is 5.91 Å². The zero-order chi connectivity index (χ0) is 17.4. The van der Waals surface area contributed by atoms with Crippen LogP contribution in [0.1, 0.15) is 9.67 Å². The van der Waals surface area contributed by atoms with Crippen molar-refractivity contribution in [2.75, 3.05) is 5.32 Å². The smallest absolute Gasteiger partial charge is 0.408 e. The standard InChI is InChI=1S/C18H11FN2O3S/c19-11-3-1-10(2-4-11)15-7-8-16(25-15)17(22)20-12-5-6-14-13(9-12)21-18(23)24-14/h1-9H,(H,20,22)(H,21,23). The molecule has 0 aliphatic carbocycles. The summed E-state index contributed by atoms with van der Waals surface area (Å²) >= 11 is 1.32. The molecule has 0 fully saturated rings. The minimum absolute atomic E-state index is 0.261. The number of aromatic nitrogens is 1. The average molecular weight is 354 g/mol. The predicted octanol–water partition coefficient (Wildman–Crippen LogP) is 4.24. The molecule has 25 heavy (non-hydrogen) atoms. The SMILES string of the molecule is O=C(Nc1ccc2oc(=O)[nH]c2c1)c1ccc(-c2ccc(F)cc2)s1. The lowest BCUT2D eigenvalue weighted by Gasteiger charge is -2.03. The molecule has 1 amide bonds. The Morgan fingerprint density at radius 2 is 1.88 bits per heavy atom. The number of rotatable bonds is 3. The lowest BCUT2D eigenvalue weighted by molar-refractivity contribution is 0.103. The molecule has 0 atom stereocenters. The van der Waals surface area contributed by atoms with Crippen LogP contribution < -0.4 is 11.1 Å². The molecule has 4 aromatic rings. The number of carbonyl (C=O) groups is 1. The van der Waals surface area contributed by atoms with Crippen LogP contribution in [0.25, 0.3) is 21.5 Å². The summed E-state index contributed by atoms with van der Waals surface area (Å²) in [6.07, 6.45) is 0. The van der Waals surface area contributed by atoms with Crippen molar-refractivity contribution in [3.8, 4) is 10.4 Å². The van der Waals surface area contributed by atoms with Gasteiger partial charge in [-0.3, -0.25) is 9.78 Å². The molecule has 2 aromatic heterocycles. The summed E-state index contributed by atoms with van der Waals surface area (Å²) in [5, 5.41) is 2.78. The molecular formula is C18H11FN2O3S. The van der Waals surface area contributed by atoms with Crippen LogP contribution >= 0.6 is 11.3 Å². The molecular weight excluding hydrogens is 343 g/mol. The minimum atomic E-state index is -0.541. The topological polar surface area (TPSA) is 75.1 Å². The van der Waals surface area contributed by atoms with Gasteiger partial charge in [0.05, 0.1) is 10.4 Å². The Morgan fingerprint density at radius 1 is 1.08 bits per heavy atom. The highest BCUT2D eigenvalue weighted by Gasteiger charge is 2.12. The Hall–Kier alpha value is -3.19. The van der Waals surface area contributed by atoms with Gasteiger partial charge in [0, 0.05) is 10.6 Å². The number of thiophene rings is 1. The number of aromatic amines is 1. The van der Waals surface area contributed by atoms with Gasteiger partial charge in [0.15, 0.2) is 5.58 Å². The molecule has 0 radical (unpaired) electrons. The van der Waals surface area contributed by atoms with Gasteiger partial charge in [-0.25, -0.2) is 9.18 Å². The maximum Gasteiger partial charge on any atom is 0.417 e. The number of hydrogen-bond donors (Lipinski definition) is 2. The molecule has 0 aliphatic rings. The molecule has 7 heteroatoms. The number of oxazole rings is 1. The van der Waals surface area contributed by atoms with E-state index in [1.807, 2.05) is 6.07 Å². The van der Waals surface area contributed by atoms with Crippen molar-refractivity contribution in [3.05, 3.63) is 75.8 Å². The Balaban J connectivity index is 1.56. The Morgan fingerprint density at radius 3 is 2.68 bits per heavy atom. The average Bonchev–Trinajstić information content (AvgIpc) is 3.21. The molecule has 0 saturated carbocycles. The number of carbonyl (C=O) groups excluding carboxylic acids is 1. The first-order chi connectivity index (χ1) is 12.1. The van der Waals surface area contributed by atoms with Gasteiger partial charge >= 0.3 is 5.76 Å². The molecule has 4 rings (SSSR count). The Bertz CT molecular complexity index is 1130. The first kappa shape index (κ1) is 15.3. The molecule has 124 valence electrons. The molecule has 0 unspecified atom stereocenters. The fraction of sp³-hybridized carbons (Fsp3) is 0.